The van der Waals surface area contributed by atoms with Crippen LogP contribution in [0.25, 0.3) is 0 Å². The number of rotatable bonds is 7. The minimum Gasteiger partial charge on any atom is -0.316 e. The minimum atomic E-state index is -3.74. The fraction of sp³-hybridized carbons (Fsp3) is 0.500. The molecule has 0 aromatic heterocycles. The van der Waals surface area contributed by atoms with Gasteiger partial charge in [0, 0.05) is 24.7 Å². The lowest BCUT2D eigenvalue weighted by Crippen LogP contribution is -2.32. The smallest absolute Gasteiger partial charge is 0.273 e. The topological polar surface area (TPSA) is 101 Å². The highest BCUT2D eigenvalue weighted by Crippen LogP contribution is 2.25. The van der Waals surface area contributed by atoms with E-state index >= 15 is 0 Å². The number of nitrogens with one attached hydrogen (secondary N) is 2. The number of benzene rings is 1. The molecule has 0 atom stereocenters. The molecule has 0 aliphatic rings. The number of aryl methyl sites for hydroxylation is 2. The molecule has 1 rings (SSSR count). The molecule has 0 amide bonds. The van der Waals surface area contributed by atoms with Gasteiger partial charge in [0.2, 0.25) is 10.0 Å². The maximum atomic E-state index is 12.1. The Morgan fingerprint density at radius 3 is 2.33 bits per heavy atom. The molecule has 2 N–H and O–H groups in total. The number of nitro groups is 1. The maximum Gasteiger partial charge on any atom is 0.273 e. The molecule has 9 heteroatoms. The van der Waals surface area contributed by atoms with Gasteiger partial charge in [-0.25, -0.2) is 13.1 Å². The molecule has 0 heterocycles. The minimum absolute atomic E-state index is 0. The highest BCUT2D eigenvalue weighted by atomic mass is 35.5. The van der Waals surface area contributed by atoms with Gasteiger partial charge in [0.15, 0.2) is 0 Å². The van der Waals surface area contributed by atoms with Crippen molar-refractivity contribution >= 4 is 28.1 Å². The number of likely N-dealkylation sites (N-methyl/N-ethyl adjacent to an activating group) is 1. The lowest BCUT2D eigenvalue weighted by atomic mass is 10.1. The third-order valence-corrected chi connectivity index (χ3v) is 4.43. The van der Waals surface area contributed by atoms with Crippen LogP contribution in [0.1, 0.15) is 18.1 Å². The Hall–Kier alpha value is -1.22. The molecule has 21 heavy (non-hydrogen) atoms. The van der Waals surface area contributed by atoms with E-state index in [0.717, 1.165) is 12.6 Å². The van der Waals surface area contributed by atoms with Gasteiger partial charge in [0.05, 0.1) is 9.82 Å². The standard InChI is InChI=1S/C12H19N3O4S.ClH/c1-4-13-5-6-14-20(18,19)12-8-11(15(16)17)9(2)7-10(12)3;/h7-8,13-14H,4-6H2,1-3H3;1H. The van der Waals surface area contributed by atoms with E-state index in [-0.39, 0.29) is 29.5 Å². The quantitative estimate of drug-likeness (QED) is 0.446. The number of halogens is 1. The van der Waals surface area contributed by atoms with Crippen LogP contribution >= 0.6 is 12.4 Å². The van der Waals surface area contributed by atoms with Gasteiger partial charge in [0.1, 0.15) is 0 Å². The van der Waals surface area contributed by atoms with E-state index in [1.54, 1.807) is 13.8 Å². The summed E-state index contributed by atoms with van der Waals surface area (Å²) in [6.07, 6.45) is 0. The molecular weight excluding hydrogens is 318 g/mol. The highest BCUT2D eigenvalue weighted by molar-refractivity contribution is 7.89. The number of hydrogen-bond donors (Lipinski definition) is 2. The van der Waals surface area contributed by atoms with E-state index in [9.17, 15) is 18.5 Å². The van der Waals surface area contributed by atoms with E-state index in [4.69, 9.17) is 0 Å². The SMILES string of the molecule is CCNCCNS(=O)(=O)c1cc([N+](=O)[O-])c(C)cc1C.Cl. The van der Waals surface area contributed by atoms with Gasteiger partial charge in [-0.15, -0.1) is 12.4 Å². The van der Waals surface area contributed by atoms with Crippen molar-refractivity contribution in [3.63, 3.8) is 0 Å². The Labute approximate surface area is 130 Å². The van der Waals surface area contributed by atoms with E-state index < -0.39 is 14.9 Å². The van der Waals surface area contributed by atoms with Crippen molar-refractivity contribution in [2.24, 2.45) is 0 Å². The molecular formula is C12H20ClN3O4S. The van der Waals surface area contributed by atoms with Crippen molar-refractivity contribution < 1.29 is 13.3 Å². The fourth-order valence-corrected chi connectivity index (χ4v) is 3.11. The summed E-state index contributed by atoms with van der Waals surface area (Å²) in [5.74, 6) is 0. The lowest BCUT2D eigenvalue weighted by molar-refractivity contribution is -0.385. The summed E-state index contributed by atoms with van der Waals surface area (Å²) in [7, 11) is -3.74. The third-order valence-electron chi connectivity index (χ3n) is 2.82. The van der Waals surface area contributed by atoms with Crippen LogP contribution in [0.15, 0.2) is 17.0 Å². The fourth-order valence-electron chi connectivity index (χ4n) is 1.84. The molecule has 0 saturated carbocycles. The number of hydrogen-bond acceptors (Lipinski definition) is 5. The van der Waals surface area contributed by atoms with Crippen molar-refractivity contribution in [1.29, 1.82) is 0 Å². The Kier molecular flexibility index (Phi) is 7.80. The Balaban J connectivity index is 0.00000400. The first kappa shape index (κ1) is 19.8. The van der Waals surface area contributed by atoms with Gasteiger partial charge in [0.25, 0.3) is 5.69 Å². The first-order valence-corrected chi connectivity index (χ1v) is 7.74. The van der Waals surface area contributed by atoms with Crippen LogP contribution in [-0.4, -0.2) is 33.0 Å². The van der Waals surface area contributed by atoms with Crippen molar-refractivity contribution in [1.82, 2.24) is 10.0 Å². The first-order chi connectivity index (χ1) is 9.29. The zero-order chi connectivity index (χ0) is 15.3. The van der Waals surface area contributed by atoms with Gasteiger partial charge in [-0.05, 0) is 32.0 Å². The molecule has 0 aliphatic carbocycles. The average molecular weight is 338 g/mol. The van der Waals surface area contributed by atoms with Gasteiger partial charge in [-0.3, -0.25) is 10.1 Å². The molecule has 7 nitrogen and oxygen atoms in total. The molecule has 0 fully saturated rings. The highest BCUT2D eigenvalue weighted by Gasteiger charge is 2.22. The van der Waals surface area contributed by atoms with Crippen LogP contribution in [0.4, 0.5) is 5.69 Å². The van der Waals surface area contributed by atoms with Crippen LogP contribution < -0.4 is 10.0 Å². The van der Waals surface area contributed by atoms with Gasteiger partial charge in [-0.2, -0.15) is 0 Å². The van der Waals surface area contributed by atoms with Crippen LogP contribution in [0.3, 0.4) is 0 Å². The summed E-state index contributed by atoms with van der Waals surface area (Å²) in [6, 6.07) is 2.62. The Morgan fingerprint density at radius 2 is 1.81 bits per heavy atom. The number of nitrogens with zero attached hydrogens (tertiary/aromatic N) is 1. The predicted molar refractivity (Wildman–Crippen MR) is 83.6 cm³/mol. The zero-order valence-corrected chi connectivity index (χ0v) is 13.8. The first-order valence-electron chi connectivity index (χ1n) is 6.25. The molecule has 0 aliphatic heterocycles. The third kappa shape index (κ3) is 5.24. The summed E-state index contributed by atoms with van der Waals surface area (Å²) < 4.78 is 26.7. The van der Waals surface area contributed by atoms with E-state index in [0.29, 0.717) is 17.7 Å². The summed E-state index contributed by atoms with van der Waals surface area (Å²) in [4.78, 5) is 10.3. The summed E-state index contributed by atoms with van der Waals surface area (Å²) in [5.41, 5.74) is 0.741. The van der Waals surface area contributed by atoms with Crippen LogP contribution in [0.5, 0.6) is 0 Å². The second-order valence-corrected chi connectivity index (χ2v) is 6.15. The van der Waals surface area contributed by atoms with Crippen LogP contribution in [0.2, 0.25) is 0 Å². The second kappa shape index (κ2) is 8.28. The van der Waals surface area contributed by atoms with Crippen molar-refractivity contribution in [2.45, 2.75) is 25.7 Å². The molecule has 0 saturated heterocycles. The van der Waals surface area contributed by atoms with Crippen LogP contribution in [-0.2, 0) is 10.0 Å². The molecule has 0 radical (unpaired) electrons. The largest absolute Gasteiger partial charge is 0.316 e. The monoisotopic (exact) mass is 337 g/mol. The van der Waals surface area contributed by atoms with Crippen molar-refractivity contribution in [2.75, 3.05) is 19.6 Å². The van der Waals surface area contributed by atoms with Crippen LogP contribution in [0, 0.1) is 24.0 Å². The van der Waals surface area contributed by atoms with Gasteiger partial charge in [-0.1, -0.05) is 6.92 Å². The molecule has 120 valence electrons. The molecule has 0 spiro atoms. The zero-order valence-electron chi connectivity index (χ0n) is 12.2. The second-order valence-electron chi connectivity index (χ2n) is 4.41. The van der Waals surface area contributed by atoms with Crippen molar-refractivity contribution in [3.05, 3.63) is 33.4 Å². The average Bonchev–Trinajstić information content (AvgIpc) is 2.33. The van der Waals surface area contributed by atoms with E-state index in [1.807, 2.05) is 6.92 Å². The molecule has 0 bridgehead atoms. The Morgan fingerprint density at radius 1 is 1.19 bits per heavy atom. The lowest BCUT2D eigenvalue weighted by Gasteiger charge is -2.10. The molecule has 0 unspecified atom stereocenters. The van der Waals surface area contributed by atoms with E-state index in [2.05, 4.69) is 10.0 Å². The van der Waals surface area contributed by atoms with Crippen molar-refractivity contribution in [3.8, 4) is 0 Å². The predicted octanol–water partition coefficient (Wildman–Crippen LogP) is 1.52. The summed E-state index contributed by atoms with van der Waals surface area (Å²) in [6.45, 7) is 6.61. The summed E-state index contributed by atoms with van der Waals surface area (Å²) >= 11 is 0. The number of sulfonamides is 1. The Bertz CT molecular complexity index is 605. The summed E-state index contributed by atoms with van der Waals surface area (Å²) in [5, 5.41) is 13.9. The normalized spacial score (nSPS) is 11.0. The van der Waals surface area contributed by atoms with Gasteiger partial charge >= 0.3 is 0 Å². The van der Waals surface area contributed by atoms with E-state index in [1.165, 1.54) is 6.07 Å². The molecule has 1 aromatic carbocycles. The maximum absolute atomic E-state index is 12.1. The van der Waals surface area contributed by atoms with Gasteiger partial charge < -0.3 is 5.32 Å². The molecule has 1 aromatic rings. The number of nitro benzene ring substituents is 1.